The molecule has 0 bridgehead atoms. The molecule has 0 atom stereocenters. The predicted octanol–water partition coefficient (Wildman–Crippen LogP) is 3.46. The number of hydrogen-bond acceptors (Lipinski definition) is 4. The summed E-state index contributed by atoms with van der Waals surface area (Å²) in [6.45, 7) is 1.31. The van der Waals surface area contributed by atoms with Crippen LogP contribution in [0.2, 0.25) is 0 Å². The molecule has 0 unspecified atom stereocenters. The number of piperidine rings is 1. The molecule has 0 radical (unpaired) electrons. The van der Waals surface area contributed by atoms with Crippen LogP contribution in [0.4, 0.5) is 11.4 Å². The van der Waals surface area contributed by atoms with Crippen LogP contribution >= 0.6 is 0 Å². The van der Waals surface area contributed by atoms with Crippen LogP contribution in [0, 0.1) is 5.92 Å². The fourth-order valence-electron chi connectivity index (χ4n) is 4.10. The van der Waals surface area contributed by atoms with Gasteiger partial charge in [-0.2, -0.15) is 4.31 Å². The number of amides is 2. The summed E-state index contributed by atoms with van der Waals surface area (Å²) < 4.78 is 26.7. The largest absolute Gasteiger partial charge is 0.326 e. The molecule has 2 aliphatic heterocycles. The van der Waals surface area contributed by atoms with E-state index in [-0.39, 0.29) is 17.7 Å². The van der Waals surface area contributed by atoms with Gasteiger partial charge >= 0.3 is 0 Å². The third kappa shape index (κ3) is 5.26. The Morgan fingerprint density at radius 2 is 1.75 bits per heavy atom. The normalized spacial score (nSPS) is 18.4. The minimum absolute atomic E-state index is 0.100. The Labute approximate surface area is 188 Å². The zero-order chi connectivity index (χ0) is 22.6. The Hall–Kier alpha value is -2.97. The lowest BCUT2D eigenvalue weighted by Gasteiger charge is -2.29. The van der Waals surface area contributed by atoms with Crippen molar-refractivity contribution in [2.75, 3.05) is 29.9 Å². The standard InChI is InChI=1S/C24H27N3O4S/c28-23-10-5-14-27(23)22-9-4-8-21(18-22)25-24(29)20-11-15-26(16-12-20)32(30,31)17-13-19-6-2-1-3-7-19/h1-4,6-9,13,17-18,20H,5,10-12,14-16H2,(H,25,29)/b17-13+. The molecule has 2 aromatic carbocycles. The maximum atomic E-state index is 12.8. The van der Waals surface area contributed by atoms with Gasteiger partial charge in [0.1, 0.15) is 0 Å². The summed E-state index contributed by atoms with van der Waals surface area (Å²) in [6.07, 6.45) is 3.92. The van der Waals surface area contributed by atoms with Crippen molar-refractivity contribution in [3.8, 4) is 0 Å². The summed E-state index contributed by atoms with van der Waals surface area (Å²) in [5.74, 6) is -0.272. The molecule has 2 saturated heterocycles. The number of rotatable bonds is 6. The first-order valence-corrected chi connectivity index (χ1v) is 12.4. The molecule has 1 N–H and O–H groups in total. The minimum atomic E-state index is -3.53. The van der Waals surface area contributed by atoms with Crippen LogP contribution in [0.1, 0.15) is 31.2 Å². The van der Waals surface area contributed by atoms with Crippen LogP contribution in [0.5, 0.6) is 0 Å². The molecule has 2 aromatic rings. The summed E-state index contributed by atoms with van der Waals surface area (Å²) in [5, 5.41) is 4.16. The minimum Gasteiger partial charge on any atom is -0.326 e. The van der Waals surface area contributed by atoms with Gasteiger partial charge in [-0.3, -0.25) is 9.59 Å². The molecule has 168 valence electrons. The number of carbonyl (C=O) groups is 2. The first-order valence-electron chi connectivity index (χ1n) is 10.9. The van der Waals surface area contributed by atoms with Crippen LogP contribution in [0.3, 0.4) is 0 Å². The Balaban J connectivity index is 1.33. The number of carbonyl (C=O) groups excluding carboxylic acids is 2. The molecule has 2 heterocycles. The van der Waals surface area contributed by atoms with Crippen molar-refractivity contribution in [1.82, 2.24) is 4.31 Å². The first kappa shape index (κ1) is 22.2. The summed E-state index contributed by atoms with van der Waals surface area (Å²) >= 11 is 0. The van der Waals surface area contributed by atoms with Crippen molar-refractivity contribution in [1.29, 1.82) is 0 Å². The van der Waals surface area contributed by atoms with E-state index in [1.54, 1.807) is 17.0 Å². The van der Waals surface area contributed by atoms with Crippen LogP contribution in [-0.4, -0.2) is 44.2 Å². The summed E-state index contributed by atoms with van der Waals surface area (Å²) in [6, 6.07) is 16.6. The highest BCUT2D eigenvalue weighted by Crippen LogP contribution is 2.26. The molecule has 8 heteroatoms. The van der Waals surface area contributed by atoms with E-state index in [1.165, 1.54) is 9.71 Å². The molecule has 0 spiro atoms. The predicted molar refractivity (Wildman–Crippen MR) is 125 cm³/mol. The molecule has 32 heavy (non-hydrogen) atoms. The molecule has 0 aromatic heterocycles. The molecule has 7 nitrogen and oxygen atoms in total. The van der Waals surface area contributed by atoms with Gasteiger partial charge in [-0.1, -0.05) is 36.4 Å². The highest BCUT2D eigenvalue weighted by molar-refractivity contribution is 7.92. The van der Waals surface area contributed by atoms with E-state index in [4.69, 9.17) is 0 Å². The number of nitrogens with zero attached hydrogens (tertiary/aromatic N) is 2. The number of benzene rings is 2. The van der Waals surface area contributed by atoms with Gasteiger partial charge in [0.2, 0.25) is 21.8 Å². The number of anilines is 2. The molecule has 0 saturated carbocycles. The molecule has 2 aliphatic rings. The van der Waals surface area contributed by atoms with E-state index in [0.29, 0.717) is 44.6 Å². The maximum absolute atomic E-state index is 12.8. The van der Waals surface area contributed by atoms with E-state index in [2.05, 4.69) is 5.32 Å². The molecule has 0 aliphatic carbocycles. The Kier molecular flexibility index (Phi) is 6.72. The smallest absolute Gasteiger partial charge is 0.236 e. The highest BCUT2D eigenvalue weighted by Gasteiger charge is 2.30. The molecule has 4 rings (SSSR count). The second-order valence-corrected chi connectivity index (χ2v) is 9.94. The van der Waals surface area contributed by atoms with Crippen LogP contribution in [-0.2, 0) is 19.6 Å². The monoisotopic (exact) mass is 453 g/mol. The third-order valence-electron chi connectivity index (χ3n) is 5.92. The van der Waals surface area contributed by atoms with Crippen LogP contribution < -0.4 is 10.2 Å². The zero-order valence-corrected chi connectivity index (χ0v) is 18.6. The second-order valence-electron chi connectivity index (χ2n) is 8.12. The van der Waals surface area contributed by atoms with Crippen molar-refractivity contribution in [3.63, 3.8) is 0 Å². The van der Waals surface area contributed by atoms with Gasteiger partial charge in [-0.25, -0.2) is 8.42 Å². The summed E-state index contributed by atoms with van der Waals surface area (Å²) in [5.41, 5.74) is 2.26. The van der Waals surface area contributed by atoms with Crippen molar-refractivity contribution >= 4 is 39.3 Å². The summed E-state index contributed by atoms with van der Waals surface area (Å²) in [4.78, 5) is 26.5. The Bertz CT molecular complexity index is 1110. The van der Waals surface area contributed by atoms with Gasteiger partial charge in [0.05, 0.1) is 0 Å². The lowest BCUT2D eigenvalue weighted by Crippen LogP contribution is -2.40. The van der Waals surface area contributed by atoms with Crippen LogP contribution in [0.25, 0.3) is 6.08 Å². The van der Waals surface area contributed by atoms with Crippen molar-refractivity contribution in [2.45, 2.75) is 25.7 Å². The van der Waals surface area contributed by atoms with Gasteiger partial charge < -0.3 is 10.2 Å². The third-order valence-corrected chi connectivity index (χ3v) is 7.48. The lowest BCUT2D eigenvalue weighted by molar-refractivity contribution is -0.121. The van der Waals surface area contributed by atoms with Gasteiger partial charge in [-0.15, -0.1) is 0 Å². The van der Waals surface area contributed by atoms with Gasteiger partial charge in [0.25, 0.3) is 0 Å². The SMILES string of the molecule is O=C(Nc1cccc(N2CCCC2=O)c1)C1CCN(S(=O)(=O)/C=C/c2ccccc2)CC1. The molecular formula is C24H27N3O4S. The average molecular weight is 454 g/mol. The van der Waals surface area contributed by atoms with E-state index < -0.39 is 10.0 Å². The highest BCUT2D eigenvalue weighted by atomic mass is 32.2. The second kappa shape index (κ2) is 9.67. The number of hydrogen-bond donors (Lipinski definition) is 1. The Morgan fingerprint density at radius 3 is 2.44 bits per heavy atom. The van der Waals surface area contributed by atoms with Crippen LogP contribution in [0.15, 0.2) is 60.0 Å². The summed E-state index contributed by atoms with van der Waals surface area (Å²) in [7, 11) is -3.53. The van der Waals surface area contributed by atoms with Crippen molar-refractivity contribution in [3.05, 3.63) is 65.6 Å². The number of nitrogens with one attached hydrogen (secondary N) is 1. The van der Waals surface area contributed by atoms with Crippen molar-refractivity contribution in [2.24, 2.45) is 5.92 Å². The van der Waals surface area contributed by atoms with Crippen molar-refractivity contribution < 1.29 is 18.0 Å². The van der Waals surface area contributed by atoms with E-state index in [1.807, 2.05) is 48.5 Å². The fraction of sp³-hybridized carbons (Fsp3) is 0.333. The van der Waals surface area contributed by atoms with Gasteiger partial charge in [-0.05, 0) is 49.1 Å². The molecule has 2 amide bonds. The lowest BCUT2D eigenvalue weighted by atomic mass is 9.97. The van der Waals surface area contributed by atoms with Gasteiger partial charge in [0, 0.05) is 48.8 Å². The van der Waals surface area contributed by atoms with E-state index >= 15 is 0 Å². The molecular weight excluding hydrogens is 426 g/mol. The fourth-order valence-corrected chi connectivity index (χ4v) is 5.33. The number of sulfonamides is 1. The molecule has 2 fully saturated rings. The van der Waals surface area contributed by atoms with Gasteiger partial charge in [0.15, 0.2) is 0 Å². The Morgan fingerprint density at radius 1 is 1.00 bits per heavy atom. The first-order chi connectivity index (χ1) is 15.4. The topological polar surface area (TPSA) is 86.8 Å². The zero-order valence-electron chi connectivity index (χ0n) is 17.8. The average Bonchev–Trinajstić information content (AvgIpc) is 3.24. The quantitative estimate of drug-likeness (QED) is 0.726. The maximum Gasteiger partial charge on any atom is 0.236 e. The van der Waals surface area contributed by atoms with E-state index in [9.17, 15) is 18.0 Å². The van der Waals surface area contributed by atoms with E-state index in [0.717, 1.165) is 17.7 Å².